The van der Waals surface area contributed by atoms with E-state index in [4.69, 9.17) is 5.11 Å². The van der Waals surface area contributed by atoms with Gasteiger partial charge in [0.1, 0.15) is 6.54 Å². The van der Waals surface area contributed by atoms with Crippen LogP contribution in [0.1, 0.15) is 6.42 Å². The highest BCUT2D eigenvalue weighted by Crippen LogP contribution is 2.16. The lowest BCUT2D eigenvalue weighted by Crippen LogP contribution is -2.40. The van der Waals surface area contributed by atoms with E-state index in [1.54, 1.807) is 10.8 Å². The van der Waals surface area contributed by atoms with Crippen molar-refractivity contribution in [3.63, 3.8) is 0 Å². The van der Waals surface area contributed by atoms with Crippen LogP contribution >= 0.6 is 0 Å². The van der Waals surface area contributed by atoms with Crippen molar-refractivity contribution in [2.24, 2.45) is 0 Å². The lowest BCUT2D eigenvalue weighted by molar-refractivity contribution is -0.162. The highest BCUT2D eigenvalue weighted by atomic mass is 19.4. The second-order valence-corrected chi connectivity index (χ2v) is 3.70. The topological polar surface area (TPSA) is 58.4 Å². The molecule has 5 nitrogen and oxygen atoms in total. The Balaban J connectivity index is 2.48. The average Bonchev–Trinajstić information content (AvgIpc) is 2.76. The molecule has 0 spiro atoms. The Morgan fingerprint density at radius 3 is 2.67 bits per heavy atom. The van der Waals surface area contributed by atoms with Gasteiger partial charge in [-0.25, -0.2) is 4.98 Å². The minimum atomic E-state index is -4.46. The molecular formula is C10H14F3N3O2. The molecule has 8 heteroatoms. The molecule has 0 fully saturated rings. The maximum Gasteiger partial charge on any atom is 0.406 e. The van der Waals surface area contributed by atoms with Gasteiger partial charge in [0.25, 0.3) is 0 Å². The first-order valence-corrected chi connectivity index (χ1v) is 5.33. The summed E-state index contributed by atoms with van der Waals surface area (Å²) >= 11 is 0. The summed E-state index contributed by atoms with van der Waals surface area (Å²) in [5.41, 5.74) is 0. The summed E-state index contributed by atoms with van der Waals surface area (Å²) < 4.78 is 38.2. The second-order valence-electron chi connectivity index (χ2n) is 3.70. The third kappa shape index (κ3) is 5.17. The van der Waals surface area contributed by atoms with Crippen molar-refractivity contribution < 1.29 is 23.1 Å². The molecule has 0 saturated carbocycles. The quantitative estimate of drug-likeness (QED) is 0.822. The molecule has 1 aromatic rings. The molecule has 1 heterocycles. The van der Waals surface area contributed by atoms with Gasteiger partial charge in [0.05, 0.1) is 12.9 Å². The largest absolute Gasteiger partial charge is 0.406 e. The standard InChI is InChI=1S/C10H14F3N3O2/c11-10(12,13)7-16(5-6-17)9(18)1-3-15-4-2-14-8-15/h2,4,8,17H,1,3,5-7H2. The third-order valence-corrected chi connectivity index (χ3v) is 2.24. The number of aryl methyl sites for hydroxylation is 1. The molecule has 0 aromatic carbocycles. The van der Waals surface area contributed by atoms with E-state index in [0.717, 1.165) is 0 Å². The summed E-state index contributed by atoms with van der Waals surface area (Å²) in [6.07, 6.45) is 0.0960. The first-order valence-electron chi connectivity index (χ1n) is 5.33. The minimum absolute atomic E-state index is 0.0631. The van der Waals surface area contributed by atoms with Gasteiger partial charge < -0.3 is 14.6 Å². The second kappa shape index (κ2) is 6.39. The lowest BCUT2D eigenvalue weighted by atomic mass is 10.3. The van der Waals surface area contributed by atoms with E-state index in [-0.39, 0.29) is 19.5 Å². The lowest BCUT2D eigenvalue weighted by Gasteiger charge is -2.23. The predicted molar refractivity (Wildman–Crippen MR) is 56.6 cm³/mol. The van der Waals surface area contributed by atoms with Crippen LogP contribution in [0.3, 0.4) is 0 Å². The van der Waals surface area contributed by atoms with Crippen molar-refractivity contribution >= 4 is 5.91 Å². The molecule has 0 aliphatic carbocycles. The number of carbonyl (C=O) groups excluding carboxylic acids is 1. The number of hydrogen-bond donors (Lipinski definition) is 1. The fourth-order valence-corrected chi connectivity index (χ4v) is 1.43. The maximum absolute atomic E-state index is 12.2. The van der Waals surface area contributed by atoms with Crippen LogP contribution in [0.15, 0.2) is 18.7 Å². The molecule has 1 N–H and O–H groups in total. The molecule has 0 aliphatic heterocycles. The van der Waals surface area contributed by atoms with Crippen LogP contribution < -0.4 is 0 Å². The summed E-state index contributed by atoms with van der Waals surface area (Å²) in [6.45, 7) is -1.88. The molecule has 1 rings (SSSR count). The van der Waals surface area contributed by atoms with Crippen LogP contribution in [0.25, 0.3) is 0 Å². The summed E-state index contributed by atoms with van der Waals surface area (Å²) in [4.78, 5) is 16.0. The smallest absolute Gasteiger partial charge is 0.395 e. The van der Waals surface area contributed by atoms with Crippen LogP contribution in [-0.2, 0) is 11.3 Å². The van der Waals surface area contributed by atoms with Crippen molar-refractivity contribution in [2.45, 2.75) is 19.1 Å². The van der Waals surface area contributed by atoms with Gasteiger partial charge in [0, 0.05) is 31.9 Å². The van der Waals surface area contributed by atoms with E-state index in [9.17, 15) is 18.0 Å². The van der Waals surface area contributed by atoms with Gasteiger partial charge in [-0.05, 0) is 0 Å². The maximum atomic E-state index is 12.2. The van der Waals surface area contributed by atoms with Gasteiger partial charge in [-0.3, -0.25) is 4.79 Å². The number of aliphatic hydroxyl groups is 1. The van der Waals surface area contributed by atoms with Crippen molar-refractivity contribution in [3.8, 4) is 0 Å². The number of amides is 1. The van der Waals surface area contributed by atoms with E-state index >= 15 is 0 Å². The third-order valence-electron chi connectivity index (χ3n) is 2.24. The number of halogens is 3. The zero-order valence-corrected chi connectivity index (χ0v) is 9.60. The Hall–Kier alpha value is -1.57. The zero-order valence-electron chi connectivity index (χ0n) is 9.60. The summed E-state index contributed by atoms with van der Waals surface area (Å²) in [6, 6.07) is 0. The molecule has 0 bridgehead atoms. The van der Waals surface area contributed by atoms with Crippen molar-refractivity contribution in [1.29, 1.82) is 0 Å². The molecule has 0 saturated heterocycles. The molecule has 0 aliphatic rings. The van der Waals surface area contributed by atoms with Gasteiger partial charge in [-0.15, -0.1) is 0 Å². The van der Waals surface area contributed by atoms with E-state index in [2.05, 4.69) is 4.98 Å². The summed E-state index contributed by atoms with van der Waals surface area (Å²) in [5, 5.41) is 8.66. The first kappa shape index (κ1) is 14.5. The SMILES string of the molecule is O=C(CCn1ccnc1)N(CCO)CC(F)(F)F. The molecule has 18 heavy (non-hydrogen) atoms. The molecular weight excluding hydrogens is 251 g/mol. The zero-order chi connectivity index (χ0) is 13.6. The Bertz CT molecular complexity index is 365. The van der Waals surface area contributed by atoms with Gasteiger partial charge in [0.15, 0.2) is 0 Å². The first-order chi connectivity index (χ1) is 8.42. The van der Waals surface area contributed by atoms with Crippen LogP contribution in [0.4, 0.5) is 13.2 Å². The van der Waals surface area contributed by atoms with Crippen molar-refractivity contribution in [2.75, 3.05) is 19.7 Å². The highest BCUT2D eigenvalue weighted by molar-refractivity contribution is 5.76. The van der Waals surface area contributed by atoms with Crippen LogP contribution in [0, 0.1) is 0 Å². The number of rotatable bonds is 6. The predicted octanol–water partition coefficient (Wildman–Crippen LogP) is 0.656. The molecule has 102 valence electrons. The molecule has 1 aromatic heterocycles. The van der Waals surface area contributed by atoms with Crippen LogP contribution in [0.5, 0.6) is 0 Å². The Morgan fingerprint density at radius 1 is 1.44 bits per heavy atom. The number of nitrogens with zero attached hydrogens (tertiary/aromatic N) is 3. The van der Waals surface area contributed by atoms with Gasteiger partial charge >= 0.3 is 6.18 Å². The van der Waals surface area contributed by atoms with E-state index < -0.39 is 25.2 Å². The van der Waals surface area contributed by atoms with E-state index in [1.165, 1.54) is 12.5 Å². The normalized spacial score (nSPS) is 11.6. The summed E-state index contributed by atoms with van der Waals surface area (Å²) in [5.74, 6) is -0.643. The summed E-state index contributed by atoms with van der Waals surface area (Å²) in [7, 11) is 0. The number of alkyl halides is 3. The Labute approximate surface area is 102 Å². The monoisotopic (exact) mass is 265 g/mol. The van der Waals surface area contributed by atoms with Gasteiger partial charge in [-0.1, -0.05) is 0 Å². The average molecular weight is 265 g/mol. The van der Waals surface area contributed by atoms with Gasteiger partial charge in [-0.2, -0.15) is 13.2 Å². The number of carbonyl (C=O) groups is 1. The van der Waals surface area contributed by atoms with Gasteiger partial charge in [0.2, 0.25) is 5.91 Å². The van der Waals surface area contributed by atoms with Crippen molar-refractivity contribution in [3.05, 3.63) is 18.7 Å². The molecule has 0 unspecified atom stereocenters. The molecule has 0 atom stereocenters. The van der Waals surface area contributed by atoms with Crippen molar-refractivity contribution in [1.82, 2.24) is 14.5 Å². The highest BCUT2D eigenvalue weighted by Gasteiger charge is 2.32. The number of imidazole rings is 1. The van der Waals surface area contributed by atoms with E-state index in [1.807, 2.05) is 0 Å². The molecule has 1 amide bonds. The number of hydrogen-bond acceptors (Lipinski definition) is 3. The fraction of sp³-hybridized carbons (Fsp3) is 0.600. The Kier molecular flexibility index (Phi) is 5.14. The number of aromatic nitrogens is 2. The molecule has 0 radical (unpaired) electrons. The van der Waals surface area contributed by atoms with Crippen LogP contribution in [0.2, 0.25) is 0 Å². The Morgan fingerprint density at radius 2 is 2.17 bits per heavy atom. The fourth-order valence-electron chi connectivity index (χ4n) is 1.43. The van der Waals surface area contributed by atoms with E-state index in [0.29, 0.717) is 4.90 Å². The van der Waals surface area contributed by atoms with Crippen LogP contribution in [-0.4, -0.2) is 51.3 Å². The minimum Gasteiger partial charge on any atom is -0.395 e. The number of aliphatic hydroxyl groups excluding tert-OH is 1.